The maximum atomic E-state index is 10.9. The summed E-state index contributed by atoms with van der Waals surface area (Å²) in [5.74, 6) is 2.03. The first kappa shape index (κ1) is 9.88. The van der Waals surface area contributed by atoms with Gasteiger partial charge in [-0.1, -0.05) is 30.4 Å². The summed E-state index contributed by atoms with van der Waals surface area (Å²) in [4.78, 5) is 10.9. The first-order valence-electron chi connectivity index (χ1n) is 3.72. The van der Waals surface area contributed by atoms with Crippen LogP contribution in [0.1, 0.15) is 13.3 Å². The topological polar surface area (TPSA) is 17.1 Å². The van der Waals surface area contributed by atoms with Crippen molar-refractivity contribution in [2.75, 3.05) is 17.7 Å². The third kappa shape index (κ3) is 2.37. The van der Waals surface area contributed by atoms with Crippen molar-refractivity contribution >= 4 is 37.2 Å². The van der Waals surface area contributed by atoms with Crippen molar-refractivity contribution in [1.29, 1.82) is 0 Å². The fourth-order valence-electron chi connectivity index (χ4n) is 0.974. The zero-order valence-corrected chi connectivity index (χ0v) is 9.42. The minimum absolute atomic E-state index is 0.299. The van der Waals surface area contributed by atoms with Crippen LogP contribution in [0.3, 0.4) is 0 Å². The molecule has 0 N–H and O–H groups in total. The largest absolute Gasteiger partial charge is 0.274 e. The van der Waals surface area contributed by atoms with E-state index in [1.165, 1.54) is 29.9 Å². The van der Waals surface area contributed by atoms with Crippen molar-refractivity contribution in [2.24, 2.45) is 5.41 Å². The summed E-state index contributed by atoms with van der Waals surface area (Å²) in [7, 11) is 2.79. The molecule has 1 aliphatic rings. The summed E-state index contributed by atoms with van der Waals surface area (Å²) in [6.07, 6.45) is 2.31. The van der Waals surface area contributed by atoms with Crippen molar-refractivity contribution in [3.8, 4) is 0 Å². The van der Waals surface area contributed by atoms with Gasteiger partial charge in [0.1, 0.15) is 0 Å². The van der Waals surface area contributed by atoms with Crippen molar-refractivity contribution in [3.63, 3.8) is 0 Å². The van der Waals surface area contributed by atoms with Gasteiger partial charge in [-0.25, -0.2) is 0 Å². The average molecular weight is 208 g/mol. The molecule has 0 aromatic carbocycles. The van der Waals surface area contributed by atoms with Gasteiger partial charge in [-0.2, -0.15) is 0 Å². The second-order valence-electron chi connectivity index (χ2n) is 2.89. The highest BCUT2D eigenvalue weighted by Gasteiger charge is 2.32. The normalized spacial score (nSPS) is 23.6. The van der Waals surface area contributed by atoms with Crippen molar-refractivity contribution in [3.05, 3.63) is 0 Å². The van der Waals surface area contributed by atoms with Crippen LogP contribution in [0.25, 0.3) is 0 Å². The van der Waals surface area contributed by atoms with Crippen molar-refractivity contribution in [2.45, 2.75) is 13.3 Å². The van der Waals surface area contributed by atoms with Crippen molar-refractivity contribution < 1.29 is 4.79 Å². The van der Waals surface area contributed by atoms with E-state index in [1.807, 2.05) is 0 Å². The maximum Gasteiger partial charge on any atom is 0.246 e. The number of hydrogen-bond donors (Lipinski definition) is 0. The Morgan fingerprint density at radius 1 is 1.55 bits per heavy atom. The van der Waals surface area contributed by atoms with Gasteiger partial charge in [0.2, 0.25) is 4.45 Å². The standard InChI is InChI=1S/C7H13OPS2/c1-2-7(3-9)4-10-6(8)11-5-7/h2-5,9H2,1H3. The van der Waals surface area contributed by atoms with Gasteiger partial charge in [-0.15, -0.1) is 9.24 Å². The van der Waals surface area contributed by atoms with Gasteiger partial charge >= 0.3 is 0 Å². The molecule has 0 spiro atoms. The third-order valence-electron chi connectivity index (χ3n) is 2.18. The summed E-state index contributed by atoms with van der Waals surface area (Å²) in [6.45, 7) is 2.21. The molecule has 0 radical (unpaired) electrons. The monoisotopic (exact) mass is 208 g/mol. The molecular weight excluding hydrogens is 195 g/mol. The first-order chi connectivity index (χ1) is 5.22. The number of thioether (sulfide) groups is 2. The Labute approximate surface area is 78.7 Å². The summed E-state index contributed by atoms with van der Waals surface area (Å²) >= 11 is 2.97. The summed E-state index contributed by atoms with van der Waals surface area (Å²) < 4.78 is 0.299. The molecule has 1 aliphatic heterocycles. The summed E-state index contributed by atoms with van der Waals surface area (Å²) in [5.41, 5.74) is 0.411. The lowest BCUT2D eigenvalue weighted by Gasteiger charge is -2.33. The lowest BCUT2D eigenvalue weighted by atomic mass is 9.92. The molecule has 1 unspecified atom stereocenters. The van der Waals surface area contributed by atoms with Gasteiger partial charge in [-0.05, 0) is 18.0 Å². The fourth-order valence-corrected chi connectivity index (χ4v) is 4.48. The second-order valence-corrected chi connectivity index (χ2v) is 5.45. The van der Waals surface area contributed by atoms with Crippen LogP contribution in [0, 0.1) is 5.41 Å². The molecule has 1 heterocycles. The highest BCUT2D eigenvalue weighted by atomic mass is 32.2. The smallest absolute Gasteiger partial charge is 0.246 e. The van der Waals surface area contributed by atoms with Crippen molar-refractivity contribution in [1.82, 2.24) is 0 Å². The van der Waals surface area contributed by atoms with Gasteiger partial charge in [0.15, 0.2) is 0 Å². The molecule has 0 aromatic rings. The predicted molar refractivity (Wildman–Crippen MR) is 57.6 cm³/mol. The van der Waals surface area contributed by atoms with Crippen LogP contribution in [0.2, 0.25) is 0 Å². The summed E-state index contributed by atoms with van der Waals surface area (Å²) in [6, 6.07) is 0. The lowest BCUT2D eigenvalue weighted by Crippen LogP contribution is -2.31. The number of hydrogen-bond acceptors (Lipinski definition) is 3. The maximum absolute atomic E-state index is 10.9. The van der Waals surface area contributed by atoms with E-state index in [0.717, 1.165) is 17.7 Å². The Morgan fingerprint density at radius 2 is 2.09 bits per heavy atom. The summed E-state index contributed by atoms with van der Waals surface area (Å²) in [5, 5.41) is 0. The second kappa shape index (κ2) is 4.15. The lowest BCUT2D eigenvalue weighted by molar-refractivity contribution is 0.275. The van der Waals surface area contributed by atoms with Crippen LogP contribution < -0.4 is 0 Å². The zero-order chi connectivity index (χ0) is 8.32. The SMILES string of the molecule is CCC1(CP)CSC(=O)SC1. The van der Waals surface area contributed by atoms with Crippen LogP contribution >= 0.6 is 32.8 Å². The molecule has 0 aromatic heterocycles. The molecule has 1 rings (SSSR count). The van der Waals surface area contributed by atoms with Crippen LogP contribution in [-0.2, 0) is 0 Å². The highest BCUT2D eigenvalue weighted by Crippen LogP contribution is 2.40. The van der Waals surface area contributed by atoms with Crippen LogP contribution in [-0.4, -0.2) is 22.1 Å². The van der Waals surface area contributed by atoms with Crippen LogP contribution in [0.4, 0.5) is 4.79 Å². The molecule has 1 atom stereocenters. The Kier molecular flexibility index (Phi) is 3.73. The molecule has 0 amide bonds. The first-order valence-corrected chi connectivity index (χ1v) is 6.51. The van der Waals surface area contributed by atoms with Gasteiger partial charge in [0, 0.05) is 11.5 Å². The van der Waals surface area contributed by atoms with Gasteiger partial charge < -0.3 is 0 Å². The molecule has 11 heavy (non-hydrogen) atoms. The van der Waals surface area contributed by atoms with E-state index >= 15 is 0 Å². The number of carbonyl (C=O) groups is 1. The Hall–Kier alpha value is 0.800. The Morgan fingerprint density at radius 3 is 2.45 bits per heavy atom. The molecule has 1 fully saturated rings. The molecule has 0 aliphatic carbocycles. The van der Waals surface area contributed by atoms with Crippen LogP contribution in [0.15, 0.2) is 0 Å². The number of carbonyl (C=O) groups excluding carboxylic acids is 1. The highest BCUT2D eigenvalue weighted by molar-refractivity contribution is 8.39. The molecule has 1 nitrogen and oxygen atoms in total. The minimum Gasteiger partial charge on any atom is -0.274 e. The van der Waals surface area contributed by atoms with Gasteiger partial charge in [0.05, 0.1) is 0 Å². The van der Waals surface area contributed by atoms with E-state index in [0.29, 0.717) is 9.86 Å². The van der Waals surface area contributed by atoms with E-state index in [2.05, 4.69) is 16.2 Å². The zero-order valence-electron chi connectivity index (χ0n) is 6.63. The quantitative estimate of drug-likeness (QED) is 0.649. The van der Waals surface area contributed by atoms with E-state index in [4.69, 9.17) is 0 Å². The molecule has 0 saturated carbocycles. The van der Waals surface area contributed by atoms with E-state index < -0.39 is 0 Å². The van der Waals surface area contributed by atoms with E-state index in [-0.39, 0.29) is 0 Å². The van der Waals surface area contributed by atoms with E-state index in [9.17, 15) is 4.79 Å². The Balaban J connectivity index is 2.52. The fraction of sp³-hybridized carbons (Fsp3) is 0.857. The number of rotatable bonds is 2. The van der Waals surface area contributed by atoms with Gasteiger partial charge in [0.25, 0.3) is 0 Å². The molecule has 64 valence electrons. The molecule has 4 heteroatoms. The molecule has 0 bridgehead atoms. The minimum atomic E-state index is 0.299. The van der Waals surface area contributed by atoms with Gasteiger partial charge in [-0.3, -0.25) is 4.79 Å². The predicted octanol–water partition coefficient (Wildman–Crippen LogP) is 2.86. The van der Waals surface area contributed by atoms with E-state index in [1.54, 1.807) is 0 Å². The third-order valence-corrected chi connectivity index (χ3v) is 5.73. The Bertz CT molecular complexity index is 145. The van der Waals surface area contributed by atoms with Crippen LogP contribution in [0.5, 0.6) is 0 Å². The average Bonchev–Trinajstić information content (AvgIpc) is 2.07. The molecule has 1 saturated heterocycles. The molecular formula is C7H13OPS2.